The summed E-state index contributed by atoms with van der Waals surface area (Å²) in [4.78, 5) is 8.89. The third-order valence-corrected chi connectivity index (χ3v) is 8.05. The maximum absolute atomic E-state index is 8.89. The van der Waals surface area contributed by atoms with Gasteiger partial charge in [0, 0.05) is 13.2 Å². The summed E-state index contributed by atoms with van der Waals surface area (Å²) in [6, 6.07) is 0. The summed E-state index contributed by atoms with van der Waals surface area (Å²) >= 11 is 0. The van der Waals surface area contributed by atoms with Gasteiger partial charge in [-0.25, -0.2) is 0 Å². The maximum atomic E-state index is 8.89. The molecule has 0 aromatic heterocycles. The number of carbonyl (C=O) groups is 1. The summed E-state index contributed by atoms with van der Waals surface area (Å²) in [7, 11) is -0.420. The number of carbonyl (C=O) groups excluding carboxylic acids is 1. The van der Waals surface area contributed by atoms with Crippen LogP contribution >= 0.6 is 7.26 Å². The zero-order chi connectivity index (χ0) is 10.9. The van der Waals surface area contributed by atoms with Crippen molar-refractivity contribution in [1.82, 2.24) is 0 Å². The van der Waals surface area contributed by atoms with Gasteiger partial charge < -0.3 is 9.90 Å². The molecule has 0 aliphatic rings. The standard InChI is InChI=1S/C8H20P.C2H4O2/c1-5-9(6-2,7-3)8-4;1-2(3)4/h5-8H2,1-4H3;1H3,(H,3,4)/q+1;/p-1. The van der Waals surface area contributed by atoms with Gasteiger partial charge in [-0.05, 0) is 34.6 Å². The van der Waals surface area contributed by atoms with Gasteiger partial charge in [0.25, 0.3) is 0 Å². The molecular formula is C10H23O2P. The van der Waals surface area contributed by atoms with Gasteiger partial charge in [0.05, 0.1) is 24.6 Å². The highest BCUT2D eigenvalue weighted by atomic mass is 31.2. The Bertz CT molecular complexity index is 109. The van der Waals surface area contributed by atoms with Crippen molar-refractivity contribution < 1.29 is 9.90 Å². The van der Waals surface area contributed by atoms with E-state index in [2.05, 4.69) is 27.7 Å². The van der Waals surface area contributed by atoms with Crippen LogP contribution in [0.15, 0.2) is 0 Å². The Labute approximate surface area is 83.1 Å². The Morgan fingerprint density at radius 1 is 1.00 bits per heavy atom. The lowest BCUT2D eigenvalue weighted by molar-refractivity contribution is -0.302. The SMILES string of the molecule is CC(=O)[O-].CC[P+](CC)(CC)CC. The van der Waals surface area contributed by atoms with Crippen LogP contribution in [0, 0.1) is 0 Å². The molecule has 2 nitrogen and oxygen atoms in total. The van der Waals surface area contributed by atoms with E-state index >= 15 is 0 Å². The molecule has 0 radical (unpaired) electrons. The Morgan fingerprint density at radius 3 is 1.15 bits per heavy atom. The molecule has 0 aromatic carbocycles. The quantitative estimate of drug-likeness (QED) is 0.658. The van der Waals surface area contributed by atoms with E-state index in [0.29, 0.717) is 0 Å². The molecule has 0 heterocycles. The first-order valence-corrected chi connectivity index (χ1v) is 7.53. The van der Waals surface area contributed by atoms with Crippen LogP contribution in [-0.2, 0) is 4.79 Å². The van der Waals surface area contributed by atoms with E-state index in [-0.39, 0.29) is 0 Å². The van der Waals surface area contributed by atoms with Gasteiger partial charge in [0.2, 0.25) is 0 Å². The summed E-state index contributed by atoms with van der Waals surface area (Å²) < 4.78 is 0. The lowest BCUT2D eigenvalue weighted by Gasteiger charge is -2.20. The predicted octanol–water partition coefficient (Wildman–Crippen LogP) is 1.84. The van der Waals surface area contributed by atoms with Crippen molar-refractivity contribution in [2.45, 2.75) is 34.6 Å². The normalized spacial score (nSPS) is 10.2. The molecule has 0 atom stereocenters. The van der Waals surface area contributed by atoms with E-state index in [9.17, 15) is 0 Å². The van der Waals surface area contributed by atoms with Gasteiger partial charge in [-0.3, -0.25) is 0 Å². The van der Waals surface area contributed by atoms with Crippen LogP contribution in [0.1, 0.15) is 34.6 Å². The molecule has 13 heavy (non-hydrogen) atoms. The molecule has 0 aliphatic heterocycles. The van der Waals surface area contributed by atoms with Gasteiger partial charge in [-0.1, -0.05) is 0 Å². The molecule has 80 valence electrons. The summed E-state index contributed by atoms with van der Waals surface area (Å²) in [5.74, 6) is -1.08. The van der Waals surface area contributed by atoms with Crippen LogP contribution in [-0.4, -0.2) is 30.6 Å². The smallest absolute Gasteiger partial charge is 0.0565 e. The molecule has 0 fully saturated rings. The lowest BCUT2D eigenvalue weighted by atomic mass is 10.9. The monoisotopic (exact) mass is 206 g/mol. The van der Waals surface area contributed by atoms with Crippen molar-refractivity contribution in [2.75, 3.05) is 24.6 Å². The van der Waals surface area contributed by atoms with Crippen LogP contribution in [0.5, 0.6) is 0 Å². The number of aliphatic carboxylic acids is 1. The zero-order valence-electron chi connectivity index (χ0n) is 9.59. The Kier molecular flexibility index (Phi) is 10.0. The highest BCUT2D eigenvalue weighted by Crippen LogP contribution is 2.57. The number of hydrogen-bond acceptors (Lipinski definition) is 2. The van der Waals surface area contributed by atoms with Crippen LogP contribution in [0.25, 0.3) is 0 Å². The second-order valence-corrected chi connectivity index (χ2v) is 8.31. The van der Waals surface area contributed by atoms with Crippen molar-refractivity contribution in [1.29, 1.82) is 0 Å². The highest BCUT2D eigenvalue weighted by molar-refractivity contribution is 7.75. The molecule has 0 N–H and O–H groups in total. The van der Waals surface area contributed by atoms with Gasteiger partial charge in [0.15, 0.2) is 0 Å². The summed E-state index contributed by atoms with van der Waals surface area (Å²) in [5.41, 5.74) is 0. The Morgan fingerprint density at radius 2 is 1.15 bits per heavy atom. The fourth-order valence-electron chi connectivity index (χ4n) is 1.34. The first-order valence-electron chi connectivity index (χ1n) is 5.00. The molecule has 0 saturated carbocycles. The van der Waals surface area contributed by atoms with E-state index in [4.69, 9.17) is 9.90 Å². The highest BCUT2D eigenvalue weighted by Gasteiger charge is 2.27. The predicted molar refractivity (Wildman–Crippen MR) is 59.8 cm³/mol. The van der Waals surface area contributed by atoms with Crippen molar-refractivity contribution in [2.24, 2.45) is 0 Å². The van der Waals surface area contributed by atoms with E-state index < -0.39 is 13.2 Å². The number of rotatable bonds is 4. The molecular weight excluding hydrogens is 183 g/mol. The number of carboxylic acid groups (broad SMARTS) is 1. The second kappa shape index (κ2) is 8.50. The topological polar surface area (TPSA) is 40.1 Å². The maximum Gasteiger partial charge on any atom is 0.0565 e. The minimum atomic E-state index is -1.08. The molecule has 0 spiro atoms. The molecule has 3 heteroatoms. The average molecular weight is 206 g/mol. The fourth-order valence-corrected chi connectivity index (χ4v) is 4.02. The molecule has 0 unspecified atom stereocenters. The minimum Gasteiger partial charge on any atom is -0.550 e. The largest absolute Gasteiger partial charge is 0.550 e. The fraction of sp³-hybridized carbons (Fsp3) is 0.900. The van der Waals surface area contributed by atoms with E-state index in [1.807, 2.05) is 0 Å². The van der Waals surface area contributed by atoms with Crippen LogP contribution in [0.4, 0.5) is 0 Å². The van der Waals surface area contributed by atoms with Crippen LogP contribution in [0.2, 0.25) is 0 Å². The molecule has 0 rings (SSSR count). The van der Waals surface area contributed by atoms with Gasteiger partial charge in [-0.2, -0.15) is 0 Å². The third kappa shape index (κ3) is 8.24. The van der Waals surface area contributed by atoms with Crippen molar-refractivity contribution in [3.05, 3.63) is 0 Å². The minimum absolute atomic E-state index is 0.420. The van der Waals surface area contributed by atoms with Gasteiger partial charge in [-0.15, -0.1) is 0 Å². The summed E-state index contributed by atoms with van der Waals surface area (Å²) in [6.45, 7) is 10.4. The molecule has 0 aliphatic carbocycles. The molecule has 0 aromatic rings. The summed E-state index contributed by atoms with van der Waals surface area (Å²) in [5, 5.41) is 8.89. The van der Waals surface area contributed by atoms with E-state index in [0.717, 1.165) is 6.92 Å². The van der Waals surface area contributed by atoms with Crippen molar-refractivity contribution in [3.63, 3.8) is 0 Å². The van der Waals surface area contributed by atoms with Crippen molar-refractivity contribution in [3.8, 4) is 0 Å². The summed E-state index contributed by atoms with van der Waals surface area (Å²) in [6.07, 6.45) is 5.82. The average Bonchev–Trinajstić information content (AvgIpc) is 2.09. The molecule has 0 bridgehead atoms. The van der Waals surface area contributed by atoms with Crippen LogP contribution < -0.4 is 5.11 Å². The third-order valence-electron chi connectivity index (χ3n) is 2.68. The lowest BCUT2D eigenvalue weighted by Crippen LogP contribution is -2.16. The van der Waals surface area contributed by atoms with Crippen molar-refractivity contribution >= 4 is 13.2 Å². The molecule has 0 saturated heterocycles. The number of carboxylic acids is 1. The van der Waals surface area contributed by atoms with E-state index in [1.165, 1.54) is 24.6 Å². The van der Waals surface area contributed by atoms with Gasteiger partial charge >= 0.3 is 0 Å². The van der Waals surface area contributed by atoms with Gasteiger partial charge in [0.1, 0.15) is 0 Å². The first kappa shape index (κ1) is 15.4. The number of hydrogen-bond donors (Lipinski definition) is 0. The Balaban J connectivity index is 0. The van der Waals surface area contributed by atoms with E-state index in [1.54, 1.807) is 0 Å². The zero-order valence-corrected chi connectivity index (χ0v) is 10.5. The van der Waals surface area contributed by atoms with Crippen LogP contribution in [0.3, 0.4) is 0 Å². The second-order valence-electron chi connectivity index (χ2n) is 3.10. The Hall–Kier alpha value is -0.100. The molecule has 0 amide bonds. The first-order chi connectivity index (χ1) is 5.97.